The Kier molecular flexibility index (Phi) is 9.96. The molecular formula is C34H43N7O4. The van der Waals surface area contributed by atoms with Gasteiger partial charge in [-0.3, -0.25) is 14.7 Å². The predicted molar refractivity (Wildman–Crippen MR) is 175 cm³/mol. The lowest BCUT2D eigenvalue weighted by atomic mass is 9.75. The second kappa shape index (κ2) is 13.9. The molecule has 3 aromatic carbocycles. The van der Waals surface area contributed by atoms with E-state index in [0.29, 0.717) is 32.1 Å². The molecule has 1 aliphatic heterocycles. The summed E-state index contributed by atoms with van der Waals surface area (Å²) in [6.07, 6.45) is -4.45. The number of aliphatic hydroxyl groups excluding tert-OH is 4. The Bertz CT molecular complexity index is 1350. The molecule has 238 valence electrons. The molecule has 4 unspecified atom stereocenters. The summed E-state index contributed by atoms with van der Waals surface area (Å²) in [6.45, 7) is 8.45. The first-order chi connectivity index (χ1) is 21.6. The fourth-order valence-electron chi connectivity index (χ4n) is 6.34. The van der Waals surface area contributed by atoms with E-state index in [-0.39, 0.29) is 11.9 Å². The molecule has 11 heteroatoms. The van der Waals surface area contributed by atoms with E-state index < -0.39 is 30.5 Å². The van der Waals surface area contributed by atoms with Gasteiger partial charge in [-0.15, -0.1) is 0 Å². The van der Waals surface area contributed by atoms with Crippen LogP contribution in [0.4, 0.5) is 17.8 Å². The van der Waals surface area contributed by atoms with Crippen LogP contribution in [0, 0.1) is 0 Å². The standard InChI is InChI=1S/C34H43N7O4/c1-24(42)40(25(2)43)32-35-31(36-33(37-32)41(26(3)44)27(4)45)38-20-22-39(23-21-38)34(28-14-8-5-9-15-28,29-16-10-6-11-17-29)30-18-12-7-13-19-30/h5-19,24-27,42-45H,20-23H2,1-4H3. The van der Waals surface area contributed by atoms with Crippen LogP contribution in [0.2, 0.25) is 0 Å². The van der Waals surface area contributed by atoms with Gasteiger partial charge in [0, 0.05) is 26.2 Å². The molecular weight excluding hydrogens is 570 g/mol. The maximum absolute atomic E-state index is 10.5. The number of aromatic nitrogens is 3. The molecule has 4 aromatic rings. The summed E-state index contributed by atoms with van der Waals surface area (Å²) >= 11 is 0. The third-order valence-electron chi connectivity index (χ3n) is 8.28. The van der Waals surface area contributed by atoms with Crippen molar-refractivity contribution in [2.75, 3.05) is 40.9 Å². The minimum Gasteiger partial charge on any atom is -0.374 e. The third kappa shape index (κ3) is 6.49. The fourth-order valence-corrected chi connectivity index (χ4v) is 6.34. The van der Waals surface area contributed by atoms with Crippen LogP contribution >= 0.6 is 0 Å². The minimum absolute atomic E-state index is 0.0286. The van der Waals surface area contributed by atoms with E-state index >= 15 is 0 Å². The highest BCUT2D eigenvalue weighted by Gasteiger charge is 2.43. The van der Waals surface area contributed by atoms with E-state index in [9.17, 15) is 20.4 Å². The summed E-state index contributed by atoms with van der Waals surface area (Å²) in [5, 5.41) is 41.9. The monoisotopic (exact) mass is 613 g/mol. The lowest BCUT2D eigenvalue weighted by molar-refractivity contribution is 0.100. The topological polar surface area (TPSA) is 133 Å². The van der Waals surface area contributed by atoms with Gasteiger partial charge in [0.2, 0.25) is 17.8 Å². The molecule has 1 aliphatic rings. The predicted octanol–water partition coefficient (Wildman–Crippen LogP) is 2.95. The van der Waals surface area contributed by atoms with Crippen molar-refractivity contribution in [1.29, 1.82) is 0 Å². The van der Waals surface area contributed by atoms with Gasteiger partial charge in [0.05, 0.1) is 5.54 Å². The average molecular weight is 614 g/mol. The van der Waals surface area contributed by atoms with Gasteiger partial charge in [0.15, 0.2) is 0 Å². The number of hydrogen-bond acceptors (Lipinski definition) is 11. The Morgan fingerprint density at radius 3 is 1.18 bits per heavy atom. The molecule has 0 bridgehead atoms. The summed E-state index contributed by atoms with van der Waals surface area (Å²) in [4.78, 5) is 20.8. The quantitative estimate of drug-likeness (QED) is 0.147. The van der Waals surface area contributed by atoms with E-state index in [0.717, 1.165) is 16.7 Å². The van der Waals surface area contributed by atoms with Gasteiger partial charge in [-0.25, -0.2) is 0 Å². The highest BCUT2D eigenvalue weighted by atomic mass is 16.3. The van der Waals surface area contributed by atoms with Crippen LogP contribution in [0.25, 0.3) is 0 Å². The largest absolute Gasteiger partial charge is 0.374 e. The zero-order valence-corrected chi connectivity index (χ0v) is 26.2. The number of rotatable bonds is 11. The molecule has 4 N–H and O–H groups in total. The summed E-state index contributed by atoms with van der Waals surface area (Å²) in [5.74, 6) is 0.374. The van der Waals surface area contributed by atoms with E-state index in [1.807, 2.05) is 23.1 Å². The van der Waals surface area contributed by atoms with Crippen molar-refractivity contribution < 1.29 is 20.4 Å². The first-order valence-corrected chi connectivity index (χ1v) is 15.4. The third-order valence-corrected chi connectivity index (χ3v) is 8.28. The first kappa shape index (κ1) is 32.3. The molecule has 2 heterocycles. The summed E-state index contributed by atoms with van der Waals surface area (Å²) in [5.41, 5.74) is 2.93. The first-order valence-electron chi connectivity index (χ1n) is 15.4. The lowest BCUT2D eigenvalue weighted by Crippen LogP contribution is -2.57. The van der Waals surface area contributed by atoms with Crippen molar-refractivity contribution in [2.45, 2.75) is 58.1 Å². The zero-order chi connectivity index (χ0) is 32.1. The average Bonchev–Trinajstić information content (AvgIpc) is 3.03. The van der Waals surface area contributed by atoms with Crippen LogP contribution in [-0.4, -0.2) is 91.4 Å². The van der Waals surface area contributed by atoms with Gasteiger partial charge in [-0.05, 0) is 44.4 Å². The Hall–Kier alpha value is -4.13. The fraction of sp³-hybridized carbons (Fsp3) is 0.382. The van der Waals surface area contributed by atoms with Crippen molar-refractivity contribution in [1.82, 2.24) is 19.9 Å². The molecule has 0 amide bonds. The number of nitrogens with zero attached hydrogens (tertiary/aromatic N) is 7. The molecule has 5 rings (SSSR count). The van der Waals surface area contributed by atoms with E-state index in [1.54, 1.807) is 0 Å². The molecule has 0 spiro atoms. The van der Waals surface area contributed by atoms with Gasteiger partial charge in [-0.1, -0.05) is 91.0 Å². The maximum atomic E-state index is 10.5. The second-order valence-corrected chi connectivity index (χ2v) is 11.4. The van der Waals surface area contributed by atoms with Crippen molar-refractivity contribution in [3.8, 4) is 0 Å². The molecule has 11 nitrogen and oxygen atoms in total. The van der Waals surface area contributed by atoms with Gasteiger partial charge >= 0.3 is 0 Å². The number of benzene rings is 3. The van der Waals surface area contributed by atoms with Gasteiger partial charge in [-0.2, -0.15) is 15.0 Å². The molecule has 0 radical (unpaired) electrons. The van der Waals surface area contributed by atoms with Crippen molar-refractivity contribution >= 4 is 17.8 Å². The molecule has 4 atom stereocenters. The van der Waals surface area contributed by atoms with Crippen LogP contribution < -0.4 is 14.7 Å². The van der Waals surface area contributed by atoms with Gasteiger partial charge in [0.25, 0.3) is 0 Å². The Morgan fingerprint density at radius 1 is 0.533 bits per heavy atom. The second-order valence-electron chi connectivity index (χ2n) is 11.4. The molecule has 0 aliphatic carbocycles. The number of aliphatic hydroxyl groups is 4. The van der Waals surface area contributed by atoms with Crippen LogP contribution in [0.3, 0.4) is 0 Å². The zero-order valence-electron chi connectivity index (χ0n) is 26.2. The van der Waals surface area contributed by atoms with E-state index in [1.165, 1.54) is 37.5 Å². The minimum atomic E-state index is -1.11. The Balaban J connectivity index is 1.56. The highest BCUT2D eigenvalue weighted by Crippen LogP contribution is 2.43. The van der Waals surface area contributed by atoms with E-state index in [4.69, 9.17) is 0 Å². The molecule has 1 fully saturated rings. The number of piperazine rings is 1. The number of anilines is 3. The molecule has 0 saturated carbocycles. The lowest BCUT2D eigenvalue weighted by Gasteiger charge is -2.49. The molecule has 1 saturated heterocycles. The Morgan fingerprint density at radius 2 is 0.867 bits per heavy atom. The van der Waals surface area contributed by atoms with Crippen LogP contribution in [0.15, 0.2) is 91.0 Å². The smallest absolute Gasteiger partial charge is 0.236 e. The number of hydrogen-bond donors (Lipinski definition) is 4. The maximum Gasteiger partial charge on any atom is 0.236 e. The van der Waals surface area contributed by atoms with Crippen LogP contribution in [0.5, 0.6) is 0 Å². The summed E-state index contributed by atoms with van der Waals surface area (Å²) in [6, 6.07) is 31.6. The van der Waals surface area contributed by atoms with Gasteiger partial charge < -0.3 is 25.3 Å². The summed E-state index contributed by atoms with van der Waals surface area (Å²) in [7, 11) is 0. The normalized spacial score (nSPS) is 16.9. The molecule has 1 aromatic heterocycles. The SMILES string of the molecule is CC(O)N(c1nc(N2CCN(C(c3ccccc3)(c3ccccc3)c3ccccc3)CC2)nc(N(C(C)O)C(C)O)n1)C(C)O. The summed E-state index contributed by atoms with van der Waals surface area (Å²) < 4.78 is 0. The van der Waals surface area contributed by atoms with Crippen LogP contribution in [-0.2, 0) is 5.54 Å². The van der Waals surface area contributed by atoms with Crippen molar-refractivity contribution in [3.05, 3.63) is 108 Å². The molecule has 45 heavy (non-hydrogen) atoms. The van der Waals surface area contributed by atoms with Gasteiger partial charge in [0.1, 0.15) is 24.9 Å². The van der Waals surface area contributed by atoms with Crippen molar-refractivity contribution in [3.63, 3.8) is 0 Å². The van der Waals surface area contributed by atoms with Crippen molar-refractivity contribution in [2.24, 2.45) is 0 Å². The van der Waals surface area contributed by atoms with E-state index in [2.05, 4.69) is 92.6 Å². The van der Waals surface area contributed by atoms with Crippen LogP contribution in [0.1, 0.15) is 44.4 Å². The highest BCUT2D eigenvalue weighted by molar-refractivity contribution is 5.51. The Labute approximate surface area is 264 Å².